The number of likely N-dealkylation sites (tertiary alicyclic amines) is 1. The highest BCUT2D eigenvalue weighted by atomic mass is 16.2. The van der Waals surface area contributed by atoms with Crippen LogP contribution in [0, 0.1) is 5.92 Å². The van der Waals surface area contributed by atoms with Crippen LogP contribution in [0.15, 0.2) is 0 Å². The molecule has 0 aliphatic carbocycles. The van der Waals surface area contributed by atoms with E-state index in [0.29, 0.717) is 6.61 Å². The number of hydrogen-bond acceptors (Lipinski definition) is 3. The van der Waals surface area contributed by atoms with Crippen LogP contribution < -0.4 is 0 Å². The van der Waals surface area contributed by atoms with E-state index in [2.05, 4.69) is 23.9 Å². The second-order valence-electron chi connectivity index (χ2n) is 5.69. The Balaban J connectivity index is 1.99. The van der Waals surface area contributed by atoms with E-state index < -0.39 is 0 Å². The molecule has 3 nitrogen and oxygen atoms in total. The lowest BCUT2D eigenvalue weighted by atomic mass is 9.96. The Kier molecular flexibility index (Phi) is 7.82. The molecule has 3 heteroatoms. The van der Waals surface area contributed by atoms with Gasteiger partial charge >= 0.3 is 0 Å². The lowest BCUT2D eigenvalue weighted by Gasteiger charge is -2.33. The lowest BCUT2D eigenvalue weighted by Crippen LogP contribution is -2.37. The average Bonchev–Trinajstić information content (AvgIpc) is 2.30. The largest absolute Gasteiger partial charge is 0.396 e. The standard InChI is InChI=1S/C14H30N2O/c1-15(2)13-14-7-10-16(11-8-14)9-5-3-4-6-12-17/h14,17H,3-13H2,1-2H3. The van der Waals surface area contributed by atoms with Gasteiger partial charge in [-0.05, 0) is 65.3 Å². The van der Waals surface area contributed by atoms with Crippen molar-refractivity contribution < 1.29 is 5.11 Å². The predicted octanol–water partition coefficient (Wildman–Crippen LogP) is 1.81. The highest BCUT2D eigenvalue weighted by Crippen LogP contribution is 2.18. The van der Waals surface area contributed by atoms with Crippen molar-refractivity contribution in [3.63, 3.8) is 0 Å². The first-order valence-electron chi connectivity index (χ1n) is 7.20. The van der Waals surface area contributed by atoms with Crippen LogP contribution in [0.3, 0.4) is 0 Å². The fourth-order valence-electron chi connectivity index (χ4n) is 2.71. The number of rotatable bonds is 8. The molecule has 0 unspecified atom stereocenters. The van der Waals surface area contributed by atoms with E-state index in [4.69, 9.17) is 5.11 Å². The van der Waals surface area contributed by atoms with Crippen molar-refractivity contribution >= 4 is 0 Å². The van der Waals surface area contributed by atoms with Crippen LogP contribution in [0.25, 0.3) is 0 Å². The Labute approximate surface area is 107 Å². The maximum atomic E-state index is 8.70. The third kappa shape index (κ3) is 7.02. The smallest absolute Gasteiger partial charge is 0.0431 e. The molecule has 0 radical (unpaired) electrons. The minimum absolute atomic E-state index is 0.357. The second kappa shape index (κ2) is 8.90. The van der Waals surface area contributed by atoms with Gasteiger partial charge in [-0.3, -0.25) is 0 Å². The summed E-state index contributed by atoms with van der Waals surface area (Å²) in [5.41, 5.74) is 0. The third-order valence-electron chi connectivity index (χ3n) is 3.71. The molecule has 1 N–H and O–H groups in total. The maximum absolute atomic E-state index is 8.70. The molecule has 1 aliphatic rings. The SMILES string of the molecule is CN(C)CC1CCN(CCCCCCO)CC1. The first-order valence-corrected chi connectivity index (χ1v) is 7.20. The van der Waals surface area contributed by atoms with Gasteiger partial charge in [0.2, 0.25) is 0 Å². The van der Waals surface area contributed by atoms with E-state index in [1.54, 1.807) is 0 Å². The van der Waals surface area contributed by atoms with E-state index in [1.807, 2.05) is 0 Å². The minimum atomic E-state index is 0.357. The number of nitrogens with zero attached hydrogens (tertiary/aromatic N) is 2. The molecule has 1 heterocycles. The quantitative estimate of drug-likeness (QED) is 0.658. The highest BCUT2D eigenvalue weighted by molar-refractivity contribution is 4.73. The van der Waals surface area contributed by atoms with Gasteiger partial charge in [-0.15, -0.1) is 0 Å². The summed E-state index contributed by atoms with van der Waals surface area (Å²) in [4.78, 5) is 4.93. The zero-order valence-electron chi connectivity index (χ0n) is 11.7. The zero-order chi connectivity index (χ0) is 12.5. The lowest BCUT2D eigenvalue weighted by molar-refractivity contribution is 0.160. The minimum Gasteiger partial charge on any atom is -0.396 e. The van der Waals surface area contributed by atoms with Gasteiger partial charge in [0, 0.05) is 13.2 Å². The number of aliphatic hydroxyl groups excluding tert-OH is 1. The van der Waals surface area contributed by atoms with Gasteiger partial charge in [0.05, 0.1) is 0 Å². The Bertz CT molecular complexity index is 177. The molecule has 0 aromatic heterocycles. The van der Waals surface area contributed by atoms with Gasteiger partial charge < -0.3 is 14.9 Å². The molecular formula is C14H30N2O. The summed E-state index contributed by atoms with van der Waals surface area (Å²) >= 11 is 0. The molecule has 0 saturated carbocycles. The van der Waals surface area contributed by atoms with E-state index in [-0.39, 0.29) is 0 Å². The summed E-state index contributed by atoms with van der Waals surface area (Å²) in [6.45, 7) is 5.46. The Morgan fingerprint density at radius 1 is 1.06 bits per heavy atom. The van der Waals surface area contributed by atoms with Gasteiger partial charge in [0.15, 0.2) is 0 Å². The summed E-state index contributed by atoms with van der Waals surface area (Å²) in [6.07, 6.45) is 7.48. The fraction of sp³-hybridized carbons (Fsp3) is 1.00. The van der Waals surface area contributed by atoms with E-state index >= 15 is 0 Å². The van der Waals surface area contributed by atoms with Crippen molar-refractivity contribution in [3.05, 3.63) is 0 Å². The van der Waals surface area contributed by atoms with Crippen molar-refractivity contribution in [2.75, 3.05) is 46.9 Å². The van der Waals surface area contributed by atoms with Crippen molar-refractivity contribution in [1.29, 1.82) is 0 Å². The molecule has 1 saturated heterocycles. The van der Waals surface area contributed by atoms with Crippen LogP contribution in [0.1, 0.15) is 38.5 Å². The molecule has 0 aromatic rings. The molecule has 17 heavy (non-hydrogen) atoms. The van der Waals surface area contributed by atoms with Crippen molar-refractivity contribution in [2.24, 2.45) is 5.92 Å². The molecule has 0 aromatic carbocycles. The van der Waals surface area contributed by atoms with Gasteiger partial charge in [0.1, 0.15) is 0 Å². The molecule has 1 fully saturated rings. The molecule has 1 rings (SSSR count). The predicted molar refractivity (Wildman–Crippen MR) is 73.3 cm³/mol. The van der Waals surface area contributed by atoms with Crippen LogP contribution >= 0.6 is 0 Å². The van der Waals surface area contributed by atoms with E-state index in [0.717, 1.165) is 12.3 Å². The molecule has 0 spiro atoms. The number of aliphatic hydroxyl groups is 1. The monoisotopic (exact) mass is 242 g/mol. The van der Waals surface area contributed by atoms with Gasteiger partial charge in [-0.1, -0.05) is 12.8 Å². The van der Waals surface area contributed by atoms with E-state index in [9.17, 15) is 0 Å². The first kappa shape index (κ1) is 14.9. The van der Waals surface area contributed by atoms with Crippen molar-refractivity contribution in [2.45, 2.75) is 38.5 Å². The Hall–Kier alpha value is -0.120. The molecule has 0 amide bonds. The van der Waals surface area contributed by atoms with Crippen LogP contribution in [0.5, 0.6) is 0 Å². The number of piperidine rings is 1. The Morgan fingerprint density at radius 2 is 1.71 bits per heavy atom. The highest BCUT2D eigenvalue weighted by Gasteiger charge is 2.18. The number of hydrogen-bond donors (Lipinski definition) is 1. The summed E-state index contributed by atoms with van der Waals surface area (Å²) in [5, 5.41) is 8.70. The topological polar surface area (TPSA) is 26.7 Å². The normalized spacial score (nSPS) is 19.1. The van der Waals surface area contributed by atoms with Crippen LogP contribution in [-0.2, 0) is 0 Å². The van der Waals surface area contributed by atoms with E-state index in [1.165, 1.54) is 58.3 Å². The molecule has 102 valence electrons. The van der Waals surface area contributed by atoms with Gasteiger partial charge in [-0.25, -0.2) is 0 Å². The van der Waals surface area contributed by atoms with Crippen molar-refractivity contribution in [1.82, 2.24) is 9.80 Å². The van der Waals surface area contributed by atoms with Crippen LogP contribution in [0.4, 0.5) is 0 Å². The molecule has 1 aliphatic heterocycles. The Morgan fingerprint density at radius 3 is 2.29 bits per heavy atom. The fourth-order valence-corrected chi connectivity index (χ4v) is 2.71. The third-order valence-corrected chi connectivity index (χ3v) is 3.71. The van der Waals surface area contributed by atoms with Gasteiger partial charge in [0.25, 0.3) is 0 Å². The summed E-state index contributed by atoms with van der Waals surface area (Å²) in [7, 11) is 4.35. The maximum Gasteiger partial charge on any atom is 0.0431 e. The molecule has 0 atom stereocenters. The zero-order valence-corrected chi connectivity index (χ0v) is 11.7. The van der Waals surface area contributed by atoms with Gasteiger partial charge in [-0.2, -0.15) is 0 Å². The summed E-state index contributed by atoms with van der Waals surface area (Å²) in [5.74, 6) is 0.913. The van der Waals surface area contributed by atoms with Crippen molar-refractivity contribution in [3.8, 4) is 0 Å². The second-order valence-corrected chi connectivity index (χ2v) is 5.69. The summed E-state index contributed by atoms with van der Waals surface area (Å²) in [6, 6.07) is 0. The van der Waals surface area contributed by atoms with Crippen LogP contribution in [-0.4, -0.2) is 61.8 Å². The average molecular weight is 242 g/mol. The summed E-state index contributed by atoms with van der Waals surface area (Å²) < 4.78 is 0. The molecule has 0 bridgehead atoms. The molecular weight excluding hydrogens is 212 g/mol. The first-order chi connectivity index (χ1) is 8.22. The van der Waals surface area contributed by atoms with Crippen LogP contribution in [0.2, 0.25) is 0 Å². The number of unbranched alkanes of at least 4 members (excludes halogenated alkanes) is 3.